The summed E-state index contributed by atoms with van der Waals surface area (Å²) >= 11 is 0. The maximum atomic E-state index is 6.04. The number of aryl methyl sites for hydroxylation is 3. The molecule has 0 aliphatic heterocycles. The van der Waals surface area contributed by atoms with E-state index in [0.29, 0.717) is 0 Å². The Kier molecular flexibility index (Phi) is 3.55. The maximum Gasteiger partial charge on any atom is 0.147 e. The highest BCUT2D eigenvalue weighted by Crippen LogP contribution is 2.21. The quantitative estimate of drug-likeness (QED) is 0.826. The van der Waals surface area contributed by atoms with Crippen molar-refractivity contribution in [2.45, 2.75) is 19.8 Å². The van der Waals surface area contributed by atoms with E-state index >= 15 is 0 Å². The summed E-state index contributed by atoms with van der Waals surface area (Å²) < 4.78 is 3.68. The summed E-state index contributed by atoms with van der Waals surface area (Å²) in [5, 5.41) is 11.9. The molecule has 0 atom stereocenters. The molecule has 0 saturated carbocycles. The molecule has 0 aliphatic rings. The second kappa shape index (κ2) is 5.12. The minimum absolute atomic E-state index is 0.755. The molecule has 0 radical (unpaired) electrons. The number of nitrogen functional groups attached to an aromatic ring is 1. The van der Waals surface area contributed by atoms with E-state index in [1.165, 1.54) is 5.69 Å². The Morgan fingerprint density at radius 2 is 2.11 bits per heavy atom. The number of aromatic nitrogens is 4. The van der Waals surface area contributed by atoms with E-state index in [1.54, 1.807) is 4.68 Å². The maximum absolute atomic E-state index is 6.04. The first-order valence-corrected chi connectivity index (χ1v) is 6.15. The fourth-order valence-electron chi connectivity index (χ4n) is 2.02. The Hall–Kier alpha value is -1.98. The summed E-state index contributed by atoms with van der Waals surface area (Å²) in [7, 11) is 3.85. The molecule has 0 bridgehead atoms. The number of nitrogens with one attached hydrogen (secondary N) is 1. The van der Waals surface area contributed by atoms with Gasteiger partial charge in [-0.15, -0.1) is 0 Å². The Balaban J connectivity index is 1.98. The Labute approximate surface area is 107 Å². The van der Waals surface area contributed by atoms with Gasteiger partial charge in [0.2, 0.25) is 0 Å². The molecule has 0 saturated heterocycles. The highest BCUT2D eigenvalue weighted by molar-refractivity contribution is 5.64. The largest absolute Gasteiger partial charge is 0.394 e. The predicted molar refractivity (Wildman–Crippen MR) is 72.4 cm³/mol. The summed E-state index contributed by atoms with van der Waals surface area (Å²) in [6.07, 6.45) is 3.56. The van der Waals surface area contributed by atoms with Crippen LogP contribution in [0.25, 0.3) is 0 Å². The van der Waals surface area contributed by atoms with Gasteiger partial charge in [-0.05, 0) is 12.5 Å². The molecule has 18 heavy (non-hydrogen) atoms. The molecule has 0 aliphatic carbocycles. The van der Waals surface area contributed by atoms with Gasteiger partial charge < -0.3 is 11.1 Å². The van der Waals surface area contributed by atoms with Gasteiger partial charge in [-0.3, -0.25) is 9.36 Å². The summed E-state index contributed by atoms with van der Waals surface area (Å²) in [5.74, 6) is 0.897. The predicted octanol–water partition coefficient (Wildman–Crippen LogP) is 0.953. The highest BCUT2D eigenvalue weighted by Gasteiger charge is 2.11. The van der Waals surface area contributed by atoms with Gasteiger partial charge in [0.25, 0.3) is 0 Å². The van der Waals surface area contributed by atoms with Crippen molar-refractivity contribution in [3.63, 3.8) is 0 Å². The van der Waals surface area contributed by atoms with Crippen molar-refractivity contribution in [3.8, 4) is 0 Å². The van der Waals surface area contributed by atoms with E-state index in [0.717, 1.165) is 36.6 Å². The Morgan fingerprint density at radius 3 is 2.67 bits per heavy atom. The van der Waals surface area contributed by atoms with Crippen molar-refractivity contribution in [2.24, 2.45) is 14.1 Å². The molecular weight excluding hydrogens is 228 g/mol. The molecule has 0 aromatic carbocycles. The van der Waals surface area contributed by atoms with Gasteiger partial charge in [0.05, 0.1) is 11.4 Å². The third-order valence-electron chi connectivity index (χ3n) is 3.09. The number of hydrogen-bond donors (Lipinski definition) is 2. The fraction of sp³-hybridized carbons (Fsp3) is 0.500. The Bertz CT molecular complexity index is 525. The van der Waals surface area contributed by atoms with Crippen molar-refractivity contribution in [3.05, 3.63) is 23.7 Å². The van der Waals surface area contributed by atoms with Crippen LogP contribution in [0.2, 0.25) is 0 Å². The number of hydrogen-bond acceptors (Lipinski definition) is 4. The number of nitrogens with two attached hydrogens (primary N) is 1. The van der Waals surface area contributed by atoms with E-state index in [1.807, 2.05) is 31.0 Å². The van der Waals surface area contributed by atoms with Crippen LogP contribution < -0.4 is 11.1 Å². The van der Waals surface area contributed by atoms with Crippen LogP contribution in [-0.4, -0.2) is 26.1 Å². The highest BCUT2D eigenvalue weighted by atomic mass is 15.3. The first-order chi connectivity index (χ1) is 8.63. The van der Waals surface area contributed by atoms with Gasteiger partial charge in [-0.2, -0.15) is 10.2 Å². The van der Waals surface area contributed by atoms with E-state index in [-0.39, 0.29) is 0 Å². The zero-order chi connectivity index (χ0) is 13.1. The lowest BCUT2D eigenvalue weighted by molar-refractivity contribution is 0.706. The molecule has 0 amide bonds. The standard InChI is InChI=1S/C12H20N6/c1-4-10-11(13)12(18(3)16-10)14-7-5-9-6-8-15-17(9)2/h6,8,14H,4-5,7,13H2,1-3H3. The van der Waals surface area contributed by atoms with Crippen LogP contribution >= 0.6 is 0 Å². The zero-order valence-electron chi connectivity index (χ0n) is 11.1. The van der Waals surface area contributed by atoms with Gasteiger partial charge in [0.1, 0.15) is 5.82 Å². The molecule has 0 spiro atoms. The van der Waals surface area contributed by atoms with E-state index in [4.69, 9.17) is 5.73 Å². The molecular formula is C12H20N6. The van der Waals surface area contributed by atoms with Crippen LogP contribution in [0.5, 0.6) is 0 Å². The minimum atomic E-state index is 0.755. The minimum Gasteiger partial charge on any atom is -0.394 e. The number of nitrogens with zero attached hydrogens (tertiary/aromatic N) is 4. The number of anilines is 2. The van der Waals surface area contributed by atoms with Crippen LogP contribution in [0, 0.1) is 0 Å². The molecule has 0 fully saturated rings. The second-order valence-electron chi connectivity index (χ2n) is 4.31. The first kappa shape index (κ1) is 12.5. The van der Waals surface area contributed by atoms with Crippen molar-refractivity contribution >= 4 is 11.5 Å². The summed E-state index contributed by atoms with van der Waals surface area (Å²) in [5.41, 5.74) is 8.93. The van der Waals surface area contributed by atoms with Crippen LogP contribution in [-0.2, 0) is 26.9 Å². The normalized spacial score (nSPS) is 10.8. The molecule has 2 aromatic rings. The van der Waals surface area contributed by atoms with Crippen molar-refractivity contribution < 1.29 is 0 Å². The SMILES string of the molecule is CCc1nn(C)c(NCCc2ccnn2C)c1N. The van der Waals surface area contributed by atoms with Gasteiger partial charge in [0.15, 0.2) is 0 Å². The van der Waals surface area contributed by atoms with Crippen molar-refractivity contribution in [1.82, 2.24) is 19.6 Å². The van der Waals surface area contributed by atoms with Crippen LogP contribution in [0.15, 0.2) is 12.3 Å². The van der Waals surface area contributed by atoms with Crippen LogP contribution in [0.3, 0.4) is 0 Å². The van der Waals surface area contributed by atoms with Crippen molar-refractivity contribution in [1.29, 1.82) is 0 Å². The van der Waals surface area contributed by atoms with E-state index in [9.17, 15) is 0 Å². The van der Waals surface area contributed by atoms with Gasteiger partial charge in [-0.25, -0.2) is 0 Å². The Morgan fingerprint density at radius 1 is 1.33 bits per heavy atom. The lowest BCUT2D eigenvalue weighted by Crippen LogP contribution is -2.11. The fourth-order valence-corrected chi connectivity index (χ4v) is 2.02. The average Bonchev–Trinajstić information content (AvgIpc) is 2.87. The summed E-state index contributed by atoms with van der Waals surface area (Å²) in [6, 6.07) is 2.02. The summed E-state index contributed by atoms with van der Waals surface area (Å²) in [6.45, 7) is 2.87. The second-order valence-corrected chi connectivity index (χ2v) is 4.31. The lowest BCUT2D eigenvalue weighted by atomic mass is 10.3. The zero-order valence-corrected chi connectivity index (χ0v) is 11.1. The van der Waals surface area contributed by atoms with Crippen molar-refractivity contribution in [2.75, 3.05) is 17.6 Å². The summed E-state index contributed by atoms with van der Waals surface area (Å²) in [4.78, 5) is 0. The molecule has 0 unspecified atom stereocenters. The van der Waals surface area contributed by atoms with Crippen LogP contribution in [0.4, 0.5) is 11.5 Å². The lowest BCUT2D eigenvalue weighted by Gasteiger charge is -2.07. The van der Waals surface area contributed by atoms with Gasteiger partial charge in [0, 0.05) is 39.0 Å². The molecule has 6 heteroatoms. The van der Waals surface area contributed by atoms with Gasteiger partial charge in [-0.1, -0.05) is 6.92 Å². The molecule has 98 valence electrons. The smallest absolute Gasteiger partial charge is 0.147 e. The number of rotatable bonds is 5. The average molecular weight is 248 g/mol. The molecule has 6 nitrogen and oxygen atoms in total. The molecule has 2 aromatic heterocycles. The van der Waals surface area contributed by atoms with E-state index in [2.05, 4.69) is 22.4 Å². The monoisotopic (exact) mass is 248 g/mol. The third kappa shape index (κ3) is 2.32. The molecule has 2 rings (SSSR count). The van der Waals surface area contributed by atoms with E-state index < -0.39 is 0 Å². The first-order valence-electron chi connectivity index (χ1n) is 6.15. The topological polar surface area (TPSA) is 73.7 Å². The van der Waals surface area contributed by atoms with Gasteiger partial charge >= 0.3 is 0 Å². The van der Waals surface area contributed by atoms with Crippen LogP contribution in [0.1, 0.15) is 18.3 Å². The molecule has 2 heterocycles. The third-order valence-corrected chi connectivity index (χ3v) is 3.09. The molecule has 3 N–H and O–H groups in total.